The van der Waals surface area contributed by atoms with E-state index in [1.165, 1.54) is 0 Å². The van der Waals surface area contributed by atoms with Gasteiger partial charge in [-0.2, -0.15) is 5.26 Å². The van der Waals surface area contributed by atoms with Crippen LogP contribution in [0.4, 0.5) is 4.79 Å². The van der Waals surface area contributed by atoms with Crippen LogP contribution >= 0.6 is 27.7 Å². The lowest BCUT2D eigenvalue weighted by molar-refractivity contribution is -0.145. The number of rotatable bonds is 7. The van der Waals surface area contributed by atoms with Crippen molar-refractivity contribution in [2.45, 2.75) is 13.5 Å². The van der Waals surface area contributed by atoms with Crippen molar-refractivity contribution in [2.24, 2.45) is 0 Å². The van der Waals surface area contributed by atoms with Gasteiger partial charge < -0.3 is 9.47 Å². The summed E-state index contributed by atoms with van der Waals surface area (Å²) in [5.74, 6) is -0.593. The molecule has 0 saturated carbocycles. The van der Waals surface area contributed by atoms with Crippen LogP contribution in [0.1, 0.15) is 23.6 Å². The SMILES string of the molecule is CCOC(=O)COc1ccc(Br)cc1/C=C1/SC(=O)N(Cc2ccccc2C#N)C1=O. The summed E-state index contributed by atoms with van der Waals surface area (Å²) in [4.78, 5) is 38.3. The standard InChI is InChI=1S/C22H17BrN2O5S/c1-2-29-20(26)13-30-18-8-7-17(23)9-16(18)10-19-21(27)25(22(28)31-19)12-15-6-4-3-5-14(15)11-24/h3-10H,2,12-13H2,1H3/b19-10+. The van der Waals surface area contributed by atoms with Gasteiger partial charge in [0.05, 0.1) is 29.7 Å². The number of carbonyl (C=O) groups excluding carboxylic acids is 3. The Morgan fingerprint density at radius 2 is 2.03 bits per heavy atom. The molecular weight excluding hydrogens is 484 g/mol. The molecule has 31 heavy (non-hydrogen) atoms. The number of hydrogen-bond donors (Lipinski definition) is 0. The van der Waals surface area contributed by atoms with Crippen molar-refractivity contribution < 1.29 is 23.9 Å². The van der Waals surface area contributed by atoms with Gasteiger partial charge in [0.15, 0.2) is 6.61 Å². The van der Waals surface area contributed by atoms with Crippen LogP contribution in [0.3, 0.4) is 0 Å². The molecule has 1 aliphatic rings. The van der Waals surface area contributed by atoms with Crippen molar-refractivity contribution in [1.29, 1.82) is 5.26 Å². The van der Waals surface area contributed by atoms with Crippen LogP contribution < -0.4 is 4.74 Å². The molecule has 0 spiro atoms. The number of thioether (sulfide) groups is 1. The van der Waals surface area contributed by atoms with Crippen molar-refractivity contribution in [1.82, 2.24) is 4.90 Å². The van der Waals surface area contributed by atoms with Crippen LogP contribution in [0, 0.1) is 11.3 Å². The number of esters is 1. The summed E-state index contributed by atoms with van der Waals surface area (Å²) in [6.07, 6.45) is 1.55. The lowest BCUT2D eigenvalue weighted by atomic mass is 10.1. The second-order valence-corrected chi connectivity index (χ2v) is 8.22. The predicted octanol–water partition coefficient (Wildman–Crippen LogP) is 4.50. The van der Waals surface area contributed by atoms with Crippen molar-refractivity contribution >= 4 is 50.9 Å². The Kier molecular flexibility index (Phi) is 7.50. The van der Waals surface area contributed by atoms with Gasteiger partial charge in [-0.15, -0.1) is 0 Å². The van der Waals surface area contributed by atoms with Gasteiger partial charge in [-0.1, -0.05) is 34.1 Å². The highest BCUT2D eigenvalue weighted by atomic mass is 79.9. The molecule has 3 rings (SSSR count). The highest BCUT2D eigenvalue weighted by molar-refractivity contribution is 9.10. The van der Waals surface area contributed by atoms with Gasteiger partial charge in [-0.3, -0.25) is 14.5 Å². The summed E-state index contributed by atoms with van der Waals surface area (Å²) < 4.78 is 11.1. The summed E-state index contributed by atoms with van der Waals surface area (Å²) in [6.45, 7) is 1.69. The fraction of sp³-hybridized carbons (Fsp3) is 0.182. The highest BCUT2D eigenvalue weighted by Gasteiger charge is 2.35. The fourth-order valence-corrected chi connectivity index (χ4v) is 4.03. The van der Waals surface area contributed by atoms with E-state index in [1.54, 1.807) is 55.5 Å². The van der Waals surface area contributed by atoms with E-state index in [-0.39, 0.29) is 24.7 Å². The lowest BCUT2D eigenvalue weighted by Crippen LogP contribution is -2.27. The number of carbonyl (C=O) groups is 3. The minimum Gasteiger partial charge on any atom is -0.481 e. The van der Waals surface area contributed by atoms with E-state index >= 15 is 0 Å². The van der Waals surface area contributed by atoms with E-state index in [0.29, 0.717) is 22.4 Å². The highest BCUT2D eigenvalue weighted by Crippen LogP contribution is 2.36. The molecule has 0 atom stereocenters. The molecule has 1 aliphatic heterocycles. The minimum absolute atomic E-state index is 0.0104. The van der Waals surface area contributed by atoms with E-state index in [4.69, 9.17) is 9.47 Å². The summed E-state index contributed by atoms with van der Waals surface area (Å²) in [7, 11) is 0. The smallest absolute Gasteiger partial charge is 0.344 e. The molecule has 1 fully saturated rings. The van der Waals surface area contributed by atoms with E-state index in [0.717, 1.165) is 21.1 Å². The summed E-state index contributed by atoms with van der Waals surface area (Å²) in [6, 6.07) is 14.0. The Labute approximate surface area is 191 Å². The van der Waals surface area contributed by atoms with Gasteiger partial charge in [-0.25, -0.2) is 4.79 Å². The molecule has 0 bridgehead atoms. The number of imide groups is 1. The Balaban J connectivity index is 1.83. The van der Waals surface area contributed by atoms with Crippen molar-refractivity contribution in [3.8, 4) is 11.8 Å². The van der Waals surface area contributed by atoms with E-state index in [2.05, 4.69) is 22.0 Å². The van der Waals surface area contributed by atoms with Gasteiger partial charge in [0.1, 0.15) is 5.75 Å². The van der Waals surface area contributed by atoms with Crippen LogP contribution in [0.15, 0.2) is 51.8 Å². The van der Waals surface area contributed by atoms with Crippen molar-refractivity contribution in [3.63, 3.8) is 0 Å². The number of benzene rings is 2. The summed E-state index contributed by atoms with van der Waals surface area (Å²) in [5.41, 5.74) is 1.53. The summed E-state index contributed by atoms with van der Waals surface area (Å²) in [5, 5.41) is 8.82. The third-order valence-corrected chi connectivity index (χ3v) is 5.65. The first-order valence-electron chi connectivity index (χ1n) is 9.24. The quantitative estimate of drug-likeness (QED) is 0.407. The van der Waals surface area contributed by atoms with Crippen molar-refractivity contribution in [2.75, 3.05) is 13.2 Å². The molecule has 7 nitrogen and oxygen atoms in total. The molecule has 0 aliphatic carbocycles. The number of halogens is 1. The third-order valence-electron chi connectivity index (χ3n) is 4.25. The van der Waals surface area contributed by atoms with Crippen LogP contribution in [-0.4, -0.2) is 35.2 Å². The third kappa shape index (κ3) is 5.54. The Hall–Kier alpha value is -3.09. The van der Waals surface area contributed by atoms with E-state index in [1.807, 2.05) is 0 Å². The zero-order valence-electron chi connectivity index (χ0n) is 16.5. The molecule has 0 aromatic heterocycles. The van der Waals surface area contributed by atoms with Crippen LogP contribution in [0.2, 0.25) is 0 Å². The molecule has 0 unspecified atom stereocenters. The number of nitrogens with zero attached hydrogens (tertiary/aromatic N) is 2. The second-order valence-electron chi connectivity index (χ2n) is 6.31. The summed E-state index contributed by atoms with van der Waals surface area (Å²) >= 11 is 4.18. The zero-order chi connectivity index (χ0) is 22.4. The molecule has 0 N–H and O–H groups in total. The number of nitriles is 1. The van der Waals surface area contributed by atoms with Gasteiger partial charge in [0.2, 0.25) is 0 Å². The molecule has 2 aromatic carbocycles. The van der Waals surface area contributed by atoms with E-state index < -0.39 is 17.1 Å². The maximum atomic E-state index is 12.9. The zero-order valence-corrected chi connectivity index (χ0v) is 18.9. The number of amides is 2. The maximum Gasteiger partial charge on any atom is 0.344 e. The van der Waals surface area contributed by atoms with Crippen LogP contribution in [0.25, 0.3) is 6.08 Å². The molecule has 9 heteroatoms. The minimum atomic E-state index is -0.507. The second kappa shape index (κ2) is 10.3. The lowest BCUT2D eigenvalue weighted by Gasteiger charge is -2.13. The first-order valence-corrected chi connectivity index (χ1v) is 10.8. The van der Waals surface area contributed by atoms with Gasteiger partial charge in [0, 0.05) is 10.0 Å². The Morgan fingerprint density at radius 1 is 1.26 bits per heavy atom. The van der Waals surface area contributed by atoms with Crippen LogP contribution in [-0.2, 0) is 20.9 Å². The van der Waals surface area contributed by atoms with Gasteiger partial charge in [0.25, 0.3) is 11.1 Å². The Bertz CT molecular complexity index is 1110. The molecule has 0 radical (unpaired) electrons. The first-order chi connectivity index (χ1) is 14.9. The molecule has 158 valence electrons. The number of ether oxygens (including phenoxy) is 2. The molecule has 1 heterocycles. The maximum absolute atomic E-state index is 12.9. The molecular formula is C22H17BrN2O5S. The normalized spacial score (nSPS) is 14.6. The number of hydrogen-bond acceptors (Lipinski definition) is 7. The molecule has 2 amide bonds. The molecule has 1 saturated heterocycles. The fourth-order valence-electron chi connectivity index (χ4n) is 2.82. The average molecular weight is 501 g/mol. The largest absolute Gasteiger partial charge is 0.481 e. The van der Waals surface area contributed by atoms with Gasteiger partial charge >= 0.3 is 5.97 Å². The topological polar surface area (TPSA) is 96.7 Å². The van der Waals surface area contributed by atoms with Crippen molar-refractivity contribution in [3.05, 3.63) is 68.5 Å². The molecule has 2 aromatic rings. The average Bonchev–Trinajstić information content (AvgIpc) is 3.01. The first kappa shape index (κ1) is 22.6. The Morgan fingerprint density at radius 3 is 2.77 bits per heavy atom. The monoisotopic (exact) mass is 500 g/mol. The predicted molar refractivity (Wildman–Crippen MR) is 119 cm³/mol. The van der Waals surface area contributed by atoms with Crippen LogP contribution in [0.5, 0.6) is 5.75 Å². The van der Waals surface area contributed by atoms with E-state index in [9.17, 15) is 19.6 Å². The van der Waals surface area contributed by atoms with Gasteiger partial charge in [-0.05, 0) is 54.6 Å².